The number of carbonyl (C=O) groups excluding carboxylic acids is 1. The molecule has 1 aromatic heterocycles. The molecule has 154 valence electrons. The van der Waals surface area contributed by atoms with E-state index in [1.807, 2.05) is 69.6 Å². The Labute approximate surface area is 175 Å². The van der Waals surface area contributed by atoms with Crippen LogP contribution in [0.4, 0.5) is 5.13 Å². The summed E-state index contributed by atoms with van der Waals surface area (Å²) in [5, 5.41) is 0.709. The first-order valence-electron chi connectivity index (χ1n) is 9.73. The maximum Gasteiger partial charge on any atom is 0.232 e. The second-order valence-corrected chi connectivity index (χ2v) is 7.83. The van der Waals surface area contributed by atoms with Gasteiger partial charge in [-0.1, -0.05) is 29.5 Å². The largest absolute Gasteiger partial charge is 0.494 e. The summed E-state index contributed by atoms with van der Waals surface area (Å²) >= 11 is 1.51. The van der Waals surface area contributed by atoms with Gasteiger partial charge >= 0.3 is 0 Å². The third kappa shape index (κ3) is 5.92. The van der Waals surface area contributed by atoms with Gasteiger partial charge in [-0.05, 0) is 51.4 Å². The number of nitrogens with zero attached hydrogens (tertiary/aromatic N) is 3. The molecule has 0 bridgehead atoms. The lowest BCUT2D eigenvalue weighted by Crippen LogP contribution is -2.37. The molecule has 6 nitrogen and oxygen atoms in total. The van der Waals surface area contributed by atoms with E-state index in [2.05, 4.69) is 9.88 Å². The van der Waals surface area contributed by atoms with Gasteiger partial charge in [-0.3, -0.25) is 9.69 Å². The molecule has 0 unspecified atom stereocenters. The lowest BCUT2D eigenvalue weighted by Gasteiger charge is -2.22. The predicted octanol–water partition coefficient (Wildman–Crippen LogP) is 4.06. The normalized spacial score (nSPS) is 11.0. The Morgan fingerprint density at radius 1 is 1.03 bits per heavy atom. The monoisotopic (exact) mass is 413 g/mol. The molecule has 0 spiro atoms. The van der Waals surface area contributed by atoms with Crippen LogP contribution in [-0.4, -0.2) is 56.2 Å². The van der Waals surface area contributed by atoms with Crippen molar-refractivity contribution in [3.8, 4) is 11.5 Å². The van der Waals surface area contributed by atoms with Gasteiger partial charge in [-0.2, -0.15) is 0 Å². The number of anilines is 1. The fourth-order valence-corrected chi connectivity index (χ4v) is 3.84. The van der Waals surface area contributed by atoms with E-state index >= 15 is 0 Å². The standard InChI is InChI=1S/C22H27N3O3S/c1-4-27-18-10-11-19-20(16-18)29-22(23-19)25(14-13-24(2)3)21(26)12-15-28-17-8-6-5-7-9-17/h5-11,16H,4,12-15H2,1-3H3. The number of para-hydroxylation sites is 1. The van der Waals surface area contributed by atoms with Crippen LogP contribution in [0.5, 0.6) is 11.5 Å². The lowest BCUT2D eigenvalue weighted by atomic mass is 10.3. The molecule has 1 amide bonds. The lowest BCUT2D eigenvalue weighted by molar-refractivity contribution is -0.119. The van der Waals surface area contributed by atoms with Crippen molar-refractivity contribution in [2.45, 2.75) is 13.3 Å². The van der Waals surface area contributed by atoms with E-state index in [4.69, 9.17) is 9.47 Å². The highest BCUT2D eigenvalue weighted by Crippen LogP contribution is 2.31. The highest BCUT2D eigenvalue weighted by molar-refractivity contribution is 7.22. The first-order chi connectivity index (χ1) is 14.1. The maximum atomic E-state index is 13.0. The first-order valence-corrected chi connectivity index (χ1v) is 10.5. The molecule has 7 heteroatoms. The summed E-state index contributed by atoms with van der Waals surface area (Å²) in [6, 6.07) is 15.4. The van der Waals surface area contributed by atoms with Crippen LogP contribution in [0.3, 0.4) is 0 Å². The second kappa shape index (κ2) is 10.2. The number of rotatable bonds is 10. The van der Waals surface area contributed by atoms with Gasteiger partial charge in [0.05, 0.1) is 29.9 Å². The van der Waals surface area contributed by atoms with Crippen LogP contribution < -0.4 is 14.4 Å². The van der Waals surface area contributed by atoms with Crippen LogP contribution in [0.1, 0.15) is 13.3 Å². The third-order valence-corrected chi connectivity index (χ3v) is 5.33. The van der Waals surface area contributed by atoms with Crippen LogP contribution in [-0.2, 0) is 4.79 Å². The summed E-state index contributed by atoms with van der Waals surface area (Å²) in [5.74, 6) is 1.59. The number of likely N-dealkylation sites (N-methyl/N-ethyl adjacent to an activating group) is 1. The smallest absolute Gasteiger partial charge is 0.232 e. The molecule has 0 aliphatic heterocycles. The molecular weight excluding hydrogens is 386 g/mol. The van der Waals surface area contributed by atoms with E-state index in [1.54, 1.807) is 4.90 Å². The van der Waals surface area contributed by atoms with Gasteiger partial charge in [0.1, 0.15) is 11.5 Å². The molecule has 0 saturated carbocycles. The number of amides is 1. The van der Waals surface area contributed by atoms with Crippen molar-refractivity contribution in [3.63, 3.8) is 0 Å². The van der Waals surface area contributed by atoms with Gasteiger partial charge in [0.2, 0.25) is 5.91 Å². The molecule has 29 heavy (non-hydrogen) atoms. The van der Waals surface area contributed by atoms with E-state index in [0.29, 0.717) is 31.3 Å². The number of benzene rings is 2. The van der Waals surface area contributed by atoms with Gasteiger partial charge in [-0.15, -0.1) is 0 Å². The van der Waals surface area contributed by atoms with Crippen LogP contribution in [0.25, 0.3) is 10.2 Å². The molecule has 1 heterocycles. The van der Waals surface area contributed by atoms with Crippen LogP contribution >= 0.6 is 11.3 Å². The van der Waals surface area contributed by atoms with Crippen LogP contribution in [0.15, 0.2) is 48.5 Å². The Bertz CT molecular complexity index is 927. The SMILES string of the molecule is CCOc1ccc2nc(N(CCN(C)C)C(=O)CCOc3ccccc3)sc2c1. The minimum Gasteiger partial charge on any atom is -0.494 e. The average Bonchev–Trinajstić information content (AvgIpc) is 3.12. The fourth-order valence-electron chi connectivity index (χ4n) is 2.80. The molecular formula is C22H27N3O3S. The van der Waals surface area contributed by atoms with Crippen molar-refractivity contribution >= 4 is 32.6 Å². The summed E-state index contributed by atoms with van der Waals surface area (Å²) in [6.07, 6.45) is 0.294. The van der Waals surface area contributed by atoms with Crippen molar-refractivity contribution in [1.82, 2.24) is 9.88 Å². The van der Waals surface area contributed by atoms with Gasteiger partial charge < -0.3 is 14.4 Å². The summed E-state index contributed by atoms with van der Waals surface area (Å²) < 4.78 is 12.3. The van der Waals surface area contributed by atoms with E-state index < -0.39 is 0 Å². The Morgan fingerprint density at radius 2 is 1.83 bits per heavy atom. The Hall–Kier alpha value is -2.64. The quantitative estimate of drug-likeness (QED) is 0.502. The minimum atomic E-state index is 0.00636. The van der Waals surface area contributed by atoms with Crippen molar-refractivity contribution < 1.29 is 14.3 Å². The van der Waals surface area contributed by atoms with Crippen molar-refractivity contribution in [3.05, 3.63) is 48.5 Å². The molecule has 0 aliphatic carbocycles. The first kappa shape index (κ1) is 21.1. The molecule has 0 N–H and O–H groups in total. The van der Waals surface area contributed by atoms with E-state index in [0.717, 1.165) is 28.3 Å². The van der Waals surface area contributed by atoms with Gasteiger partial charge in [0, 0.05) is 13.1 Å². The summed E-state index contributed by atoms with van der Waals surface area (Å²) in [7, 11) is 3.99. The van der Waals surface area contributed by atoms with E-state index in [1.165, 1.54) is 11.3 Å². The minimum absolute atomic E-state index is 0.00636. The number of aromatic nitrogens is 1. The zero-order valence-corrected chi connectivity index (χ0v) is 17.9. The zero-order chi connectivity index (χ0) is 20.6. The molecule has 0 atom stereocenters. The molecule has 3 rings (SSSR count). The fraction of sp³-hybridized carbons (Fsp3) is 0.364. The topological polar surface area (TPSA) is 54.9 Å². The molecule has 0 fully saturated rings. The van der Waals surface area contributed by atoms with Crippen LogP contribution in [0, 0.1) is 0 Å². The molecule has 0 saturated heterocycles. The van der Waals surface area contributed by atoms with Crippen molar-refractivity contribution in [2.24, 2.45) is 0 Å². The summed E-state index contributed by atoms with van der Waals surface area (Å²) in [6.45, 7) is 4.24. The summed E-state index contributed by atoms with van der Waals surface area (Å²) in [5.41, 5.74) is 0.872. The Balaban J connectivity index is 1.73. The number of hydrogen-bond acceptors (Lipinski definition) is 6. The van der Waals surface area contributed by atoms with E-state index in [9.17, 15) is 4.79 Å². The van der Waals surface area contributed by atoms with Gasteiger partial charge in [-0.25, -0.2) is 4.98 Å². The second-order valence-electron chi connectivity index (χ2n) is 6.82. The third-order valence-electron chi connectivity index (χ3n) is 4.29. The highest BCUT2D eigenvalue weighted by atomic mass is 32.1. The van der Waals surface area contributed by atoms with Crippen LogP contribution in [0.2, 0.25) is 0 Å². The number of hydrogen-bond donors (Lipinski definition) is 0. The van der Waals surface area contributed by atoms with Gasteiger partial charge in [0.15, 0.2) is 5.13 Å². The Kier molecular flexibility index (Phi) is 7.43. The molecule has 0 radical (unpaired) electrons. The molecule has 2 aromatic carbocycles. The number of thiazole rings is 1. The maximum absolute atomic E-state index is 13.0. The predicted molar refractivity (Wildman–Crippen MR) is 118 cm³/mol. The van der Waals surface area contributed by atoms with Crippen molar-refractivity contribution in [1.29, 1.82) is 0 Å². The Morgan fingerprint density at radius 3 is 2.55 bits per heavy atom. The van der Waals surface area contributed by atoms with Gasteiger partial charge in [0.25, 0.3) is 0 Å². The van der Waals surface area contributed by atoms with Crippen molar-refractivity contribution in [2.75, 3.05) is 45.3 Å². The number of carbonyl (C=O) groups is 1. The highest BCUT2D eigenvalue weighted by Gasteiger charge is 2.20. The number of ether oxygens (including phenoxy) is 2. The summed E-state index contributed by atoms with van der Waals surface area (Å²) in [4.78, 5) is 21.5. The molecule has 0 aliphatic rings. The number of fused-ring (bicyclic) bond motifs is 1. The average molecular weight is 414 g/mol. The molecule has 3 aromatic rings. The zero-order valence-electron chi connectivity index (χ0n) is 17.1. The van der Waals surface area contributed by atoms with E-state index in [-0.39, 0.29) is 5.91 Å².